The average molecular weight is 269 g/mol. The molecule has 15 heavy (non-hydrogen) atoms. The van der Waals surface area contributed by atoms with Crippen molar-refractivity contribution in [1.29, 1.82) is 0 Å². The Bertz CT molecular complexity index is 348. The molecule has 1 aliphatic rings. The first-order valence-corrected chi connectivity index (χ1v) is 6.41. The van der Waals surface area contributed by atoms with Gasteiger partial charge in [0.25, 0.3) is 0 Å². The molecule has 1 aromatic carbocycles. The molecule has 0 spiro atoms. The number of benzene rings is 1. The van der Waals surface area contributed by atoms with Gasteiger partial charge >= 0.3 is 0 Å². The summed E-state index contributed by atoms with van der Waals surface area (Å²) in [6.07, 6.45) is 3.64. The van der Waals surface area contributed by atoms with Crippen LogP contribution in [0.1, 0.15) is 36.8 Å². The minimum atomic E-state index is 0.283. The summed E-state index contributed by atoms with van der Waals surface area (Å²) in [5.74, 6) is 0.886. The van der Waals surface area contributed by atoms with Gasteiger partial charge in [0, 0.05) is 11.1 Å². The minimum Gasteiger partial charge on any atom is -0.396 e. The lowest BCUT2D eigenvalue weighted by Gasteiger charge is -2.30. The van der Waals surface area contributed by atoms with E-state index in [1.54, 1.807) is 0 Å². The van der Waals surface area contributed by atoms with Crippen LogP contribution >= 0.6 is 15.9 Å². The van der Waals surface area contributed by atoms with E-state index in [1.165, 1.54) is 34.9 Å². The Morgan fingerprint density at radius 3 is 3.07 bits per heavy atom. The molecule has 0 aliphatic heterocycles. The molecule has 2 heteroatoms. The summed E-state index contributed by atoms with van der Waals surface area (Å²) < 4.78 is 1.21. The van der Waals surface area contributed by atoms with Crippen LogP contribution in [-0.2, 0) is 6.42 Å². The molecule has 2 rings (SSSR count). The SMILES string of the molecule is CC(CO)C1CCCc2cccc(Br)c21. The summed E-state index contributed by atoms with van der Waals surface area (Å²) in [7, 11) is 0. The number of aliphatic hydroxyl groups is 1. The van der Waals surface area contributed by atoms with E-state index in [-0.39, 0.29) is 6.61 Å². The van der Waals surface area contributed by atoms with Crippen LogP contribution in [-0.4, -0.2) is 11.7 Å². The van der Waals surface area contributed by atoms with E-state index in [9.17, 15) is 5.11 Å². The highest BCUT2D eigenvalue weighted by molar-refractivity contribution is 9.10. The smallest absolute Gasteiger partial charge is 0.0462 e. The average Bonchev–Trinajstić information content (AvgIpc) is 2.28. The van der Waals surface area contributed by atoms with E-state index in [1.807, 2.05) is 0 Å². The predicted octanol–water partition coefficient (Wildman–Crippen LogP) is 3.50. The van der Waals surface area contributed by atoms with E-state index in [0.29, 0.717) is 11.8 Å². The number of fused-ring (bicyclic) bond motifs is 1. The van der Waals surface area contributed by atoms with E-state index >= 15 is 0 Å². The molecule has 0 saturated carbocycles. The number of hydrogen-bond donors (Lipinski definition) is 1. The van der Waals surface area contributed by atoms with Gasteiger partial charge in [-0.15, -0.1) is 0 Å². The third-order valence-corrected chi connectivity index (χ3v) is 4.14. The first-order chi connectivity index (χ1) is 7.24. The Morgan fingerprint density at radius 1 is 1.53 bits per heavy atom. The number of halogens is 1. The fraction of sp³-hybridized carbons (Fsp3) is 0.538. The van der Waals surface area contributed by atoms with Gasteiger partial charge in [-0.1, -0.05) is 35.0 Å². The topological polar surface area (TPSA) is 20.2 Å². The lowest BCUT2D eigenvalue weighted by molar-refractivity contribution is 0.207. The van der Waals surface area contributed by atoms with Crippen LogP contribution in [0.4, 0.5) is 0 Å². The van der Waals surface area contributed by atoms with E-state index in [2.05, 4.69) is 41.1 Å². The number of aryl methyl sites for hydroxylation is 1. The van der Waals surface area contributed by atoms with Crippen molar-refractivity contribution in [3.8, 4) is 0 Å². The first-order valence-electron chi connectivity index (χ1n) is 5.62. The minimum absolute atomic E-state index is 0.283. The van der Waals surface area contributed by atoms with E-state index < -0.39 is 0 Å². The van der Waals surface area contributed by atoms with Gasteiger partial charge in [0.15, 0.2) is 0 Å². The Labute approximate surface area is 99.6 Å². The zero-order valence-corrected chi connectivity index (χ0v) is 10.6. The molecule has 0 fully saturated rings. The van der Waals surface area contributed by atoms with Crippen LogP contribution in [0.15, 0.2) is 22.7 Å². The van der Waals surface area contributed by atoms with Gasteiger partial charge in [0.05, 0.1) is 0 Å². The Kier molecular flexibility index (Phi) is 3.47. The van der Waals surface area contributed by atoms with Gasteiger partial charge in [-0.05, 0) is 48.3 Å². The summed E-state index contributed by atoms with van der Waals surface area (Å²) in [5.41, 5.74) is 2.89. The second-order valence-corrected chi connectivity index (χ2v) is 5.33. The fourth-order valence-corrected chi connectivity index (χ4v) is 3.27. The quantitative estimate of drug-likeness (QED) is 0.871. The largest absolute Gasteiger partial charge is 0.396 e. The van der Waals surface area contributed by atoms with Crippen molar-refractivity contribution in [2.75, 3.05) is 6.61 Å². The van der Waals surface area contributed by atoms with Crippen molar-refractivity contribution >= 4 is 15.9 Å². The van der Waals surface area contributed by atoms with Crippen molar-refractivity contribution in [2.45, 2.75) is 32.1 Å². The highest BCUT2D eigenvalue weighted by Gasteiger charge is 2.26. The molecular weight excluding hydrogens is 252 g/mol. The summed E-state index contributed by atoms with van der Waals surface area (Å²) in [6, 6.07) is 6.44. The highest BCUT2D eigenvalue weighted by atomic mass is 79.9. The molecule has 82 valence electrons. The summed E-state index contributed by atoms with van der Waals surface area (Å²) >= 11 is 3.64. The van der Waals surface area contributed by atoms with Gasteiger partial charge in [0.2, 0.25) is 0 Å². The number of rotatable bonds is 2. The van der Waals surface area contributed by atoms with E-state index in [4.69, 9.17) is 0 Å². The molecule has 0 radical (unpaired) electrons. The van der Waals surface area contributed by atoms with Crippen LogP contribution in [0.3, 0.4) is 0 Å². The van der Waals surface area contributed by atoms with Gasteiger partial charge in [-0.2, -0.15) is 0 Å². The molecule has 2 unspecified atom stereocenters. The maximum Gasteiger partial charge on any atom is 0.0462 e. The van der Waals surface area contributed by atoms with Gasteiger partial charge < -0.3 is 5.11 Å². The standard InChI is InChI=1S/C13H17BrO/c1-9(8-15)11-6-2-4-10-5-3-7-12(14)13(10)11/h3,5,7,9,11,15H,2,4,6,8H2,1H3. The zero-order chi connectivity index (χ0) is 10.8. The third kappa shape index (κ3) is 2.11. The van der Waals surface area contributed by atoms with Crippen LogP contribution in [0, 0.1) is 5.92 Å². The molecule has 0 heterocycles. The van der Waals surface area contributed by atoms with Gasteiger partial charge in [0.1, 0.15) is 0 Å². The highest BCUT2D eigenvalue weighted by Crippen LogP contribution is 2.40. The maximum absolute atomic E-state index is 9.29. The lowest BCUT2D eigenvalue weighted by atomic mass is 9.77. The molecule has 1 aromatic rings. The summed E-state index contributed by atoms with van der Waals surface area (Å²) in [5, 5.41) is 9.29. The molecule has 0 saturated heterocycles. The normalized spacial score (nSPS) is 22.2. The molecule has 1 aliphatic carbocycles. The van der Waals surface area contributed by atoms with Crippen molar-refractivity contribution in [3.05, 3.63) is 33.8 Å². The second-order valence-electron chi connectivity index (χ2n) is 4.47. The summed E-state index contributed by atoms with van der Waals surface area (Å²) in [4.78, 5) is 0. The van der Waals surface area contributed by atoms with Crippen LogP contribution in [0.2, 0.25) is 0 Å². The van der Waals surface area contributed by atoms with Crippen molar-refractivity contribution < 1.29 is 5.11 Å². The molecule has 1 nitrogen and oxygen atoms in total. The van der Waals surface area contributed by atoms with Crippen molar-refractivity contribution in [3.63, 3.8) is 0 Å². The lowest BCUT2D eigenvalue weighted by Crippen LogP contribution is -2.19. The maximum atomic E-state index is 9.29. The fourth-order valence-electron chi connectivity index (χ4n) is 2.57. The predicted molar refractivity (Wildman–Crippen MR) is 66.1 cm³/mol. The van der Waals surface area contributed by atoms with Crippen LogP contribution in [0.5, 0.6) is 0 Å². The summed E-state index contributed by atoms with van der Waals surface area (Å²) in [6.45, 7) is 2.42. The first kappa shape index (κ1) is 11.2. The Balaban J connectivity index is 2.40. The third-order valence-electron chi connectivity index (χ3n) is 3.45. The van der Waals surface area contributed by atoms with Crippen LogP contribution in [0.25, 0.3) is 0 Å². The van der Waals surface area contributed by atoms with E-state index in [0.717, 1.165) is 0 Å². The Hall–Kier alpha value is -0.340. The molecule has 1 N–H and O–H groups in total. The molecule has 2 atom stereocenters. The Morgan fingerprint density at radius 2 is 2.33 bits per heavy atom. The van der Waals surface area contributed by atoms with Crippen LogP contribution < -0.4 is 0 Å². The monoisotopic (exact) mass is 268 g/mol. The molecular formula is C13H17BrO. The molecule has 0 aromatic heterocycles. The second kappa shape index (κ2) is 4.67. The van der Waals surface area contributed by atoms with Crippen molar-refractivity contribution in [2.24, 2.45) is 5.92 Å². The number of hydrogen-bond acceptors (Lipinski definition) is 1. The molecule has 0 bridgehead atoms. The van der Waals surface area contributed by atoms with Gasteiger partial charge in [-0.25, -0.2) is 0 Å². The van der Waals surface area contributed by atoms with Crippen molar-refractivity contribution in [1.82, 2.24) is 0 Å². The number of aliphatic hydroxyl groups excluding tert-OH is 1. The zero-order valence-electron chi connectivity index (χ0n) is 9.04. The molecule has 0 amide bonds. The van der Waals surface area contributed by atoms with Gasteiger partial charge in [-0.3, -0.25) is 0 Å².